The molecule has 0 saturated carbocycles. The molecule has 3 nitrogen and oxygen atoms in total. The number of hydrogen-bond acceptors (Lipinski definition) is 2. The van der Waals surface area contributed by atoms with Crippen LogP contribution in [0, 0.1) is 4.77 Å². The fourth-order valence-corrected chi connectivity index (χ4v) is 2.89. The molecular weight excluding hydrogens is 372 g/mol. The maximum Gasteiger partial charge on any atom is 0.431 e. The molecule has 0 radical (unpaired) electrons. The highest BCUT2D eigenvalue weighted by Crippen LogP contribution is 2.32. The van der Waals surface area contributed by atoms with E-state index in [2.05, 4.69) is 0 Å². The van der Waals surface area contributed by atoms with Crippen LogP contribution in [-0.4, -0.2) is 9.55 Å². The van der Waals surface area contributed by atoms with Gasteiger partial charge in [0.2, 0.25) is 0 Å². The van der Waals surface area contributed by atoms with Crippen LogP contribution < -0.4 is 5.56 Å². The lowest BCUT2D eigenvalue weighted by Crippen LogP contribution is -2.24. The van der Waals surface area contributed by atoms with E-state index in [0.29, 0.717) is 6.07 Å². The highest BCUT2D eigenvalue weighted by atomic mass is 35.5. The third-order valence-electron chi connectivity index (χ3n) is 2.44. The van der Waals surface area contributed by atoms with Crippen LogP contribution in [-0.2, 0) is 6.18 Å². The highest BCUT2D eigenvalue weighted by molar-refractivity contribution is 7.71. The molecule has 0 unspecified atom stereocenters. The predicted octanol–water partition coefficient (Wildman–Crippen LogP) is 4.87. The van der Waals surface area contributed by atoms with Crippen LogP contribution in [0.5, 0.6) is 0 Å². The van der Waals surface area contributed by atoms with E-state index in [9.17, 15) is 18.0 Å². The van der Waals surface area contributed by atoms with Crippen molar-refractivity contribution >= 4 is 47.0 Å². The van der Waals surface area contributed by atoms with Crippen molar-refractivity contribution in [2.75, 3.05) is 0 Å². The summed E-state index contributed by atoms with van der Waals surface area (Å²) < 4.78 is 38.1. The zero-order valence-corrected chi connectivity index (χ0v) is 12.8. The normalized spacial score (nSPS) is 11.7. The Morgan fingerprint density at radius 2 is 1.62 bits per heavy atom. The van der Waals surface area contributed by atoms with Crippen LogP contribution in [0.1, 0.15) is 5.69 Å². The number of alkyl halides is 3. The SMILES string of the molecule is O=c1cc(C(F)(F)F)[nH]c(=S)n1-c1c(Cl)cc(Cl)cc1Cl. The van der Waals surface area contributed by atoms with Gasteiger partial charge in [-0.3, -0.25) is 9.36 Å². The molecule has 2 aromatic rings. The van der Waals surface area contributed by atoms with Crippen LogP contribution in [0.2, 0.25) is 15.1 Å². The van der Waals surface area contributed by atoms with E-state index < -0.39 is 22.2 Å². The summed E-state index contributed by atoms with van der Waals surface area (Å²) in [5.74, 6) is 0. The van der Waals surface area contributed by atoms with E-state index in [1.54, 1.807) is 0 Å². The number of aromatic amines is 1. The number of nitrogens with zero attached hydrogens (tertiary/aromatic N) is 1. The van der Waals surface area contributed by atoms with E-state index in [1.165, 1.54) is 12.1 Å². The molecule has 0 atom stereocenters. The third-order valence-corrected chi connectivity index (χ3v) is 3.52. The van der Waals surface area contributed by atoms with E-state index in [4.69, 9.17) is 47.0 Å². The summed E-state index contributed by atoms with van der Waals surface area (Å²) in [4.78, 5) is 13.9. The molecule has 0 amide bonds. The Kier molecular flexibility index (Phi) is 4.39. The monoisotopic (exact) mass is 374 g/mol. The number of aromatic nitrogens is 2. The average molecular weight is 376 g/mol. The predicted molar refractivity (Wildman–Crippen MR) is 77.3 cm³/mol. The summed E-state index contributed by atoms with van der Waals surface area (Å²) in [7, 11) is 0. The van der Waals surface area contributed by atoms with Gasteiger partial charge in [0.25, 0.3) is 5.56 Å². The van der Waals surface area contributed by atoms with Crippen molar-refractivity contribution in [1.82, 2.24) is 9.55 Å². The molecule has 21 heavy (non-hydrogen) atoms. The summed E-state index contributed by atoms with van der Waals surface area (Å²) >= 11 is 22.4. The smallest absolute Gasteiger partial charge is 0.328 e. The Balaban J connectivity index is 2.79. The van der Waals surface area contributed by atoms with Gasteiger partial charge in [-0.2, -0.15) is 13.2 Å². The first-order valence-corrected chi connectivity index (χ1v) is 6.74. The molecule has 1 aromatic heterocycles. The molecular formula is C11H4Cl3F3N2OS. The van der Waals surface area contributed by atoms with Crippen molar-refractivity contribution in [3.63, 3.8) is 0 Å². The van der Waals surface area contributed by atoms with E-state index in [1.807, 2.05) is 4.98 Å². The minimum Gasteiger partial charge on any atom is -0.328 e. The molecule has 2 rings (SSSR count). The first-order chi connectivity index (χ1) is 9.61. The molecule has 0 aliphatic rings. The maximum atomic E-state index is 12.6. The number of halogens is 6. The average Bonchev–Trinajstić information content (AvgIpc) is 2.29. The molecule has 112 valence electrons. The molecule has 10 heteroatoms. The zero-order chi connectivity index (χ0) is 15.9. The molecule has 0 spiro atoms. The van der Waals surface area contributed by atoms with Gasteiger partial charge in [0.1, 0.15) is 5.69 Å². The second kappa shape index (κ2) is 5.64. The van der Waals surface area contributed by atoms with Gasteiger partial charge in [0.15, 0.2) is 4.77 Å². The Morgan fingerprint density at radius 1 is 1.10 bits per heavy atom. The first kappa shape index (κ1) is 16.4. The number of benzene rings is 1. The second-order valence-electron chi connectivity index (χ2n) is 3.88. The fourth-order valence-electron chi connectivity index (χ4n) is 1.61. The van der Waals surface area contributed by atoms with Gasteiger partial charge in [-0.25, -0.2) is 0 Å². The van der Waals surface area contributed by atoms with Crippen molar-refractivity contribution in [3.05, 3.63) is 54.1 Å². The van der Waals surface area contributed by atoms with Gasteiger partial charge in [0.05, 0.1) is 15.7 Å². The largest absolute Gasteiger partial charge is 0.431 e. The van der Waals surface area contributed by atoms with Crippen LogP contribution in [0.25, 0.3) is 5.69 Å². The summed E-state index contributed by atoms with van der Waals surface area (Å²) in [6.07, 6.45) is -4.72. The highest BCUT2D eigenvalue weighted by Gasteiger charge is 2.32. The van der Waals surface area contributed by atoms with Crippen LogP contribution in [0.3, 0.4) is 0 Å². The molecule has 1 N–H and O–H groups in total. The quantitative estimate of drug-likeness (QED) is 0.722. The van der Waals surface area contributed by atoms with Gasteiger partial charge < -0.3 is 4.98 Å². The van der Waals surface area contributed by atoms with Crippen molar-refractivity contribution in [2.24, 2.45) is 0 Å². The van der Waals surface area contributed by atoms with Gasteiger partial charge in [0, 0.05) is 11.1 Å². The van der Waals surface area contributed by atoms with Gasteiger partial charge in [-0.1, -0.05) is 34.8 Å². The van der Waals surface area contributed by atoms with Crippen LogP contribution in [0.15, 0.2) is 23.0 Å². The minimum atomic E-state index is -4.72. The lowest BCUT2D eigenvalue weighted by molar-refractivity contribution is -0.141. The topological polar surface area (TPSA) is 37.8 Å². The van der Waals surface area contributed by atoms with Crippen LogP contribution in [0.4, 0.5) is 13.2 Å². The Labute approximate surface area is 135 Å². The Bertz CT molecular complexity index is 774. The molecule has 1 aromatic carbocycles. The van der Waals surface area contributed by atoms with E-state index >= 15 is 0 Å². The summed E-state index contributed by atoms with van der Waals surface area (Å²) in [6.45, 7) is 0. The Morgan fingerprint density at radius 3 is 2.05 bits per heavy atom. The van der Waals surface area contributed by atoms with Crippen molar-refractivity contribution in [2.45, 2.75) is 6.18 Å². The summed E-state index contributed by atoms with van der Waals surface area (Å²) in [6, 6.07) is 2.96. The lowest BCUT2D eigenvalue weighted by Gasteiger charge is -2.13. The number of H-pyrrole nitrogens is 1. The molecule has 0 fully saturated rings. The molecule has 0 saturated heterocycles. The zero-order valence-electron chi connectivity index (χ0n) is 9.76. The van der Waals surface area contributed by atoms with E-state index in [-0.39, 0.29) is 20.8 Å². The fraction of sp³-hybridized carbons (Fsp3) is 0.0909. The molecule has 0 aliphatic carbocycles. The van der Waals surface area contributed by atoms with Crippen molar-refractivity contribution < 1.29 is 13.2 Å². The number of rotatable bonds is 1. The molecule has 1 heterocycles. The standard InChI is InChI=1S/C11H4Cl3F3N2OS/c12-4-1-5(13)9(6(14)2-4)19-8(20)3-7(11(15,16)17)18-10(19)21/h1-3H,(H,18,21). The summed E-state index contributed by atoms with van der Waals surface area (Å²) in [5, 5.41) is 0.173. The van der Waals surface area contributed by atoms with Gasteiger partial charge in [-0.05, 0) is 24.4 Å². The third kappa shape index (κ3) is 3.26. The molecule has 0 aliphatic heterocycles. The second-order valence-corrected chi connectivity index (χ2v) is 5.52. The lowest BCUT2D eigenvalue weighted by atomic mass is 10.3. The van der Waals surface area contributed by atoms with Crippen molar-refractivity contribution in [3.8, 4) is 5.69 Å². The van der Waals surface area contributed by atoms with Gasteiger partial charge >= 0.3 is 6.18 Å². The van der Waals surface area contributed by atoms with Crippen LogP contribution >= 0.6 is 47.0 Å². The maximum absolute atomic E-state index is 12.6. The minimum absolute atomic E-state index is 0.0196. The summed E-state index contributed by atoms with van der Waals surface area (Å²) in [5.41, 5.74) is -2.31. The number of nitrogens with one attached hydrogen (secondary N) is 1. The molecule has 0 bridgehead atoms. The first-order valence-electron chi connectivity index (χ1n) is 5.20. The van der Waals surface area contributed by atoms with Crippen molar-refractivity contribution in [1.29, 1.82) is 0 Å². The van der Waals surface area contributed by atoms with E-state index in [0.717, 1.165) is 4.57 Å². The Hall–Kier alpha value is -1.02. The number of hydrogen-bond donors (Lipinski definition) is 1. The van der Waals surface area contributed by atoms with Gasteiger partial charge in [-0.15, -0.1) is 0 Å².